The number of hydrogen-bond acceptors (Lipinski definition) is 3. The molecule has 0 aliphatic carbocycles. The molecule has 27 heavy (non-hydrogen) atoms. The van der Waals surface area contributed by atoms with Gasteiger partial charge in [0.15, 0.2) is 0 Å². The average Bonchev–Trinajstić information content (AvgIpc) is 3.07. The molecule has 2 heterocycles. The highest BCUT2D eigenvalue weighted by Gasteiger charge is 2.20. The van der Waals surface area contributed by atoms with Gasteiger partial charge in [0.1, 0.15) is 5.82 Å². The molecule has 0 saturated carbocycles. The quantitative estimate of drug-likeness (QED) is 0.673. The van der Waals surface area contributed by atoms with Crippen LogP contribution >= 0.6 is 0 Å². The smallest absolute Gasteiger partial charge is 0.104 e. The van der Waals surface area contributed by atoms with Gasteiger partial charge in [0.05, 0.1) is 17.1 Å². The summed E-state index contributed by atoms with van der Waals surface area (Å²) in [4.78, 5) is 10.2. The van der Waals surface area contributed by atoms with Gasteiger partial charge >= 0.3 is 0 Å². The highest BCUT2D eigenvalue weighted by Crippen LogP contribution is 2.28. The lowest BCUT2D eigenvalue weighted by Gasteiger charge is -2.32. The number of rotatable bonds is 6. The first kappa shape index (κ1) is 18.2. The van der Waals surface area contributed by atoms with Gasteiger partial charge < -0.3 is 10.1 Å². The predicted octanol–water partition coefficient (Wildman–Crippen LogP) is 4.60. The summed E-state index contributed by atoms with van der Waals surface area (Å²) in [5.41, 5.74) is 4.37. The van der Waals surface area contributed by atoms with Crippen molar-refractivity contribution in [3.8, 4) is 0 Å². The van der Waals surface area contributed by atoms with Gasteiger partial charge in [-0.3, -0.25) is 4.90 Å². The highest BCUT2D eigenvalue weighted by atomic mass is 16.3. The van der Waals surface area contributed by atoms with E-state index >= 15 is 0 Å². The Morgan fingerprint density at radius 3 is 2.70 bits per heavy atom. The van der Waals surface area contributed by atoms with Crippen molar-refractivity contribution >= 4 is 11.0 Å². The number of aliphatic hydroxyl groups is 1. The minimum Gasteiger partial charge on any atom is -0.388 e. The number of piperidine rings is 1. The fourth-order valence-corrected chi connectivity index (χ4v) is 4.20. The number of aryl methyl sites for hydroxylation is 1. The van der Waals surface area contributed by atoms with Crippen LogP contribution in [0.2, 0.25) is 0 Å². The van der Waals surface area contributed by atoms with Gasteiger partial charge in [-0.2, -0.15) is 0 Å². The SMILES string of the molecule is Cc1nc2ccc(C(O)CCC3CCN(Cc4ccccc4)CC3)cc2[nH]1. The lowest BCUT2D eigenvalue weighted by atomic mass is 9.89. The number of likely N-dealkylation sites (tertiary alicyclic amines) is 1. The number of fused-ring (bicyclic) bond motifs is 1. The van der Waals surface area contributed by atoms with Crippen molar-refractivity contribution in [2.75, 3.05) is 13.1 Å². The zero-order valence-electron chi connectivity index (χ0n) is 16.1. The lowest BCUT2D eigenvalue weighted by Crippen LogP contribution is -2.33. The maximum absolute atomic E-state index is 10.6. The fourth-order valence-electron chi connectivity index (χ4n) is 4.20. The van der Waals surface area contributed by atoms with Crippen molar-refractivity contribution in [1.29, 1.82) is 0 Å². The number of aromatic amines is 1. The second-order valence-electron chi connectivity index (χ2n) is 7.90. The molecule has 4 rings (SSSR count). The second-order valence-corrected chi connectivity index (χ2v) is 7.90. The maximum Gasteiger partial charge on any atom is 0.104 e. The molecule has 1 saturated heterocycles. The summed E-state index contributed by atoms with van der Waals surface area (Å²) >= 11 is 0. The summed E-state index contributed by atoms with van der Waals surface area (Å²) in [7, 11) is 0. The number of aliphatic hydroxyl groups excluding tert-OH is 1. The fraction of sp³-hybridized carbons (Fsp3) is 0.435. The summed E-state index contributed by atoms with van der Waals surface area (Å²) in [6.07, 6.45) is 4.01. The van der Waals surface area contributed by atoms with E-state index in [1.54, 1.807) is 0 Å². The topological polar surface area (TPSA) is 52.2 Å². The molecule has 0 radical (unpaired) electrons. The molecule has 142 valence electrons. The Morgan fingerprint density at radius 2 is 1.93 bits per heavy atom. The first-order valence-electron chi connectivity index (χ1n) is 10.1. The Bertz CT molecular complexity index is 866. The van der Waals surface area contributed by atoms with Crippen molar-refractivity contribution in [1.82, 2.24) is 14.9 Å². The van der Waals surface area contributed by atoms with E-state index in [1.165, 1.54) is 18.4 Å². The van der Waals surface area contributed by atoms with E-state index in [0.717, 1.165) is 60.8 Å². The normalized spacial score (nSPS) is 17.4. The van der Waals surface area contributed by atoms with Crippen molar-refractivity contribution < 1.29 is 5.11 Å². The van der Waals surface area contributed by atoms with E-state index in [1.807, 2.05) is 25.1 Å². The Hall–Kier alpha value is -2.17. The van der Waals surface area contributed by atoms with Crippen molar-refractivity contribution in [3.63, 3.8) is 0 Å². The molecule has 1 aliphatic heterocycles. The number of hydrogen-bond donors (Lipinski definition) is 2. The Morgan fingerprint density at radius 1 is 1.15 bits per heavy atom. The van der Waals surface area contributed by atoms with Gasteiger partial charge in [0.2, 0.25) is 0 Å². The summed E-state index contributed by atoms with van der Waals surface area (Å²) < 4.78 is 0. The van der Waals surface area contributed by atoms with Gasteiger partial charge in [0, 0.05) is 6.54 Å². The summed E-state index contributed by atoms with van der Waals surface area (Å²) in [6, 6.07) is 16.8. The van der Waals surface area contributed by atoms with Crippen molar-refractivity contribution in [2.24, 2.45) is 5.92 Å². The van der Waals surface area contributed by atoms with Crippen LogP contribution in [0.5, 0.6) is 0 Å². The zero-order chi connectivity index (χ0) is 18.6. The molecule has 2 N–H and O–H groups in total. The van der Waals surface area contributed by atoms with E-state index in [0.29, 0.717) is 0 Å². The van der Waals surface area contributed by atoms with E-state index < -0.39 is 0 Å². The van der Waals surface area contributed by atoms with Gasteiger partial charge in [-0.05, 0) is 74.9 Å². The molecule has 4 nitrogen and oxygen atoms in total. The second kappa shape index (κ2) is 8.24. The minimum absolute atomic E-state index is 0.389. The van der Waals surface area contributed by atoms with Crippen LogP contribution in [-0.2, 0) is 6.54 Å². The molecule has 0 amide bonds. The lowest BCUT2D eigenvalue weighted by molar-refractivity contribution is 0.132. The number of H-pyrrole nitrogens is 1. The van der Waals surface area contributed by atoms with Crippen LogP contribution in [0, 0.1) is 12.8 Å². The number of nitrogens with one attached hydrogen (secondary N) is 1. The van der Waals surface area contributed by atoms with Crippen molar-refractivity contribution in [2.45, 2.75) is 45.3 Å². The molecule has 1 unspecified atom stereocenters. The summed E-state index contributed by atoms with van der Waals surface area (Å²) in [6.45, 7) is 5.34. The monoisotopic (exact) mass is 363 g/mol. The number of imidazole rings is 1. The van der Waals surface area contributed by atoms with Crippen molar-refractivity contribution in [3.05, 3.63) is 65.5 Å². The molecule has 3 aromatic rings. The van der Waals surface area contributed by atoms with Crippen LogP contribution in [0.1, 0.15) is 48.7 Å². The minimum atomic E-state index is -0.389. The van der Waals surface area contributed by atoms with E-state index in [9.17, 15) is 5.11 Å². The molecule has 1 atom stereocenters. The number of benzene rings is 2. The molecule has 4 heteroatoms. The largest absolute Gasteiger partial charge is 0.388 e. The van der Waals surface area contributed by atoms with Crippen LogP contribution in [-0.4, -0.2) is 33.1 Å². The van der Waals surface area contributed by atoms with Gasteiger partial charge in [-0.15, -0.1) is 0 Å². The molecule has 1 aromatic heterocycles. The summed E-state index contributed by atoms with van der Waals surface area (Å²) in [5, 5.41) is 10.6. The molecule has 1 aliphatic rings. The van der Waals surface area contributed by atoms with E-state index in [2.05, 4.69) is 45.2 Å². The third-order valence-corrected chi connectivity index (χ3v) is 5.81. The number of aromatic nitrogens is 2. The van der Waals surface area contributed by atoms with Crippen LogP contribution in [0.25, 0.3) is 11.0 Å². The summed E-state index contributed by atoms with van der Waals surface area (Å²) in [5.74, 6) is 1.64. The van der Waals surface area contributed by atoms with Crippen LogP contribution < -0.4 is 0 Å². The van der Waals surface area contributed by atoms with Gasteiger partial charge in [-0.1, -0.05) is 36.4 Å². The zero-order valence-corrected chi connectivity index (χ0v) is 16.1. The van der Waals surface area contributed by atoms with E-state index in [4.69, 9.17) is 0 Å². The number of nitrogens with zero attached hydrogens (tertiary/aromatic N) is 2. The predicted molar refractivity (Wildman–Crippen MR) is 109 cm³/mol. The molecular formula is C23H29N3O. The Kier molecular flexibility index (Phi) is 5.55. The third kappa shape index (κ3) is 4.57. The molecule has 0 bridgehead atoms. The first-order chi connectivity index (χ1) is 13.2. The van der Waals surface area contributed by atoms with Crippen LogP contribution in [0.15, 0.2) is 48.5 Å². The van der Waals surface area contributed by atoms with Gasteiger partial charge in [0.25, 0.3) is 0 Å². The molecule has 0 spiro atoms. The highest BCUT2D eigenvalue weighted by molar-refractivity contribution is 5.75. The maximum atomic E-state index is 10.6. The third-order valence-electron chi connectivity index (χ3n) is 5.81. The first-order valence-corrected chi connectivity index (χ1v) is 10.1. The average molecular weight is 364 g/mol. The molecule has 1 fully saturated rings. The van der Waals surface area contributed by atoms with Crippen LogP contribution in [0.3, 0.4) is 0 Å². The molecular weight excluding hydrogens is 334 g/mol. The Balaban J connectivity index is 1.25. The molecule has 2 aromatic carbocycles. The standard InChI is InChI=1S/C23H29N3O/c1-17-24-21-9-8-20(15-22(21)25-17)23(27)10-7-18-11-13-26(14-12-18)16-19-5-3-2-4-6-19/h2-6,8-9,15,18,23,27H,7,10-14,16H2,1H3,(H,24,25). The van der Waals surface area contributed by atoms with Crippen LogP contribution in [0.4, 0.5) is 0 Å². The van der Waals surface area contributed by atoms with Gasteiger partial charge in [-0.25, -0.2) is 4.98 Å². The Labute approximate surface area is 161 Å². The van der Waals surface area contributed by atoms with E-state index in [-0.39, 0.29) is 6.10 Å².